The zero-order chi connectivity index (χ0) is 16.7. The number of ether oxygens (including phenoxy) is 2. The summed E-state index contributed by atoms with van der Waals surface area (Å²) >= 11 is 0. The van der Waals surface area contributed by atoms with E-state index in [1.807, 2.05) is 13.8 Å². The lowest BCUT2D eigenvalue weighted by Gasteiger charge is -2.12. The van der Waals surface area contributed by atoms with Crippen LogP contribution in [0, 0.1) is 11.3 Å². The van der Waals surface area contributed by atoms with E-state index in [2.05, 4.69) is 11.4 Å². The predicted molar refractivity (Wildman–Crippen MR) is 87.9 cm³/mol. The zero-order valence-electron chi connectivity index (χ0n) is 13.1. The second-order valence-electron chi connectivity index (χ2n) is 4.64. The molecule has 23 heavy (non-hydrogen) atoms. The van der Waals surface area contributed by atoms with Gasteiger partial charge in [0, 0.05) is 5.56 Å². The molecule has 0 saturated carbocycles. The van der Waals surface area contributed by atoms with Crippen LogP contribution in [-0.2, 0) is 0 Å². The average Bonchev–Trinajstić information content (AvgIpc) is 2.57. The fraction of sp³-hybridized carbons (Fsp3) is 0.222. The second kappa shape index (κ2) is 7.85. The van der Waals surface area contributed by atoms with E-state index in [4.69, 9.17) is 14.7 Å². The van der Waals surface area contributed by atoms with Gasteiger partial charge in [-0.05, 0) is 44.2 Å². The number of hydrogen-bond donors (Lipinski definition) is 1. The molecule has 2 aromatic carbocycles. The van der Waals surface area contributed by atoms with Gasteiger partial charge < -0.3 is 14.8 Å². The number of amides is 1. The third kappa shape index (κ3) is 4.01. The van der Waals surface area contributed by atoms with Gasteiger partial charge in [-0.3, -0.25) is 4.79 Å². The topological polar surface area (TPSA) is 71.3 Å². The van der Waals surface area contributed by atoms with E-state index < -0.39 is 0 Å². The molecule has 0 aliphatic carbocycles. The lowest BCUT2D eigenvalue weighted by atomic mass is 10.1. The molecule has 5 heteroatoms. The number of carbonyl (C=O) groups is 1. The molecule has 118 valence electrons. The Morgan fingerprint density at radius 1 is 1.09 bits per heavy atom. The largest absolute Gasteiger partial charge is 0.490 e. The average molecular weight is 310 g/mol. The molecular formula is C18H18N2O3. The van der Waals surface area contributed by atoms with Gasteiger partial charge in [0.2, 0.25) is 0 Å². The molecule has 1 amide bonds. The fourth-order valence-corrected chi connectivity index (χ4v) is 2.08. The number of para-hydroxylation sites is 1. The first-order valence-corrected chi connectivity index (χ1v) is 7.39. The van der Waals surface area contributed by atoms with Crippen LogP contribution in [0.3, 0.4) is 0 Å². The third-order valence-corrected chi connectivity index (χ3v) is 3.10. The van der Waals surface area contributed by atoms with E-state index in [0.717, 1.165) is 0 Å². The smallest absolute Gasteiger partial charge is 0.255 e. The van der Waals surface area contributed by atoms with Gasteiger partial charge in [0.05, 0.1) is 24.5 Å². The van der Waals surface area contributed by atoms with Crippen LogP contribution in [-0.4, -0.2) is 19.1 Å². The van der Waals surface area contributed by atoms with Gasteiger partial charge in [0.25, 0.3) is 5.91 Å². The Bertz CT molecular complexity index is 735. The first-order valence-electron chi connectivity index (χ1n) is 7.39. The van der Waals surface area contributed by atoms with Crippen molar-refractivity contribution in [1.29, 1.82) is 5.26 Å². The minimum Gasteiger partial charge on any atom is -0.490 e. The summed E-state index contributed by atoms with van der Waals surface area (Å²) in [6, 6.07) is 13.9. The van der Waals surface area contributed by atoms with E-state index in [-0.39, 0.29) is 5.91 Å². The second-order valence-corrected chi connectivity index (χ2v) is 4.64. The van der Waals surface area contributed by atoms with Crippen LogP contribution in [0.4, 0.5) is 5.69 Å². The van der Waals surface area contributed by atoms with Gasteiger partial charge in [0.1, 0.15) is 6.07 Å². The molecule has 2 rings (SSSR count). The quantitative estimate of drug-likeness (QED) is 0.884. The zero-order valence-corrected chi connectivity index (χ0v) is 13.1. The normalized spacial score (nSPS) is 9.78. The van der Waals surface area contributed by atoms with Crippen LogP contribution in [0.25, 0.3) is 0 Å². The summed E-state index contributed by atoms with van der Waals surface area (Å²) < 4.78 is 11.0. The molecule has 0 unspecified atom stereocenters. The highest BCUT2D eigenvalue weighted by atomic mass is 16.5. The number of rotatable bonds is 6. The summed E-state index contributed by atoms with van der Waals surface area (Å²) in [5, 5.41) is 11.8. The third-order valence-electron chi connectivity index (χ3n) is 3.10. The number of carbonyl (C=O) groups excluding carboxylic acids is 1. The minimum absolute atomic E-state index is 0.309. The number of nitrogens with one attached hydrogen (secondary N) is 1. The summed E-state index contributed by atoms with van der Waals surface area (Å²) in [7, 11) is 0. The minimum atomic E-state index is -0.309. The maximum atomic E-state index is 12.4. The standard InChI is InChI=1S/C18H18N2O3/c1-3-22-16-10-9-13(11-17(16)23-4-2)18(21)20-15-8-6-5-7-14(15)12-19/h5-11H,3-4H2,1-2H3,(H,20,21). The summed E-state index contributed by atoms with van der Waals surface area (Å²) in [4.78, 5) is 12.4. The summed E-state index contributed by atoms with van der Waals surface area (Å²) in [5.41, 5.74) is 1.33. The fourth-order valence-electron chi connectivity index (χ4n) is 2.08. The van der Waals surface area contributed by atoms with Crippen molar-refractivity contribution in [3.63, 3.8) is 0 Å². The number of anilines is 1. The molecule has 0 aliphatic heterocycles. The van der Waals surface area contributed by atoms with Crippen LogP contribution in [0.2, 0.25) is 0 Å². The molecule has 0 spiro atoms. The molecule has 0 fully saturated rings. The molecule has 0 saturated heterocycles. The molecule has 0 aliphatic rings. The first-order chi connectivity index (χ1) is 11.2. The van der Waals surface area contributed by atoms with Gasteiger partial charge >= 0.3 is 0 Å². The van der Waals surface area contributed by atoms with Crippen LogP contribution in [0.5, 0.6) is 11.5 Å². The Labute approximate surface area is 135 Å². The Morgan fingerprint density at radius 2 is 1.78 bits per heavy atom. The summed E-state index contributed by atoms with van der Waals surface area (Å²) in [6.45, 7) is 4.74. The van der Waals surface area contributed by atoms with Crippen molar-refractivity contribution in [2.24, 2.45) is 0 Å². The lowest BCUT2D eigenvalue weighted by molar-refractivity contribution is 0.102. The van der Waals surface area contributed by atoms with Crippen molar-refractivity contribution in [3.8, 4) is 17.6 Å². The molecule has 5 nitrogen and oxygen atoms in total. The Kier molecular flexibility index (Phi) is 5.59. The number of benzene rings is 2. The molecule has 2 aromatic rings. The summed E-state index contributed by atoms with van der Waals surface area (Å²) in [5.74, 6) is 0.815. The molecule has 0 bridgehead atoms. The predicted octanol–water partition coefficient (Wildman–Crippen LogP) is 3.61. The highest BCUT2D eigenvalue weighted by molar-refractivity contribution is 6.05. The maximum Gasteiger partial charge on any atom is 0.255 e. The van der Waals surface area contributed by atoms with E-state index in [9.17, 15) is 4.79 Å². The molecule has 1 N–H and O–H groups in total. The van der Waals surface area contributed by atoms with Crippen molar-refractivity contribution in [2.75, 3.05) is 18.5 Å². The van der Waals surface area contributed by atoms with Crippen molar-refractivity contribution >= 4 is 11.6 Å². The van der Waals surface area contributed by atoms with Gasteiger partial charge in [-0.25, -0.2) is 0 Å². The Balaban J connectivity index is 2.25. The Hall–Kier alpha value is -3.00. The summed E-state index contributed by atoms with van der Waals surface area (Å²) in [6.07, 6.45) is 0. The molecular weight excluding hydrogens is 292 g/mol. The van der Waals surface area contributed by atoms with Gasteiger partial charge in [0.15, 0.2) is 11.5 Å². The van der Waals surface area contributed by atoms with Crippen molar-refractivity contribution in [2.45, 2.75) is 13.8 Å². The maximum absolute atomic E-state index is 12.4. The molecule has 0 heterocycles. The van der Waals surface area contributed by atoms with Gasteiger partial charge in [-0.2, -0.15) is 5.26 Å². The highest BCUT2D eigenvalue weighted by Gasteiger charge is 2.13. The van der Waals surface area contributed by atoms with Crippen LogP contribution < -0.4 is 14.8 Å². The van der Waals surface area contributed by atoms with Crippen LogP contribution >= 0.6 is 0 Å². The Morgan fingerprint density at radius 3 is 2.48 bits per heavy atom. The molecule has 0 aromatic heterocycles. The number of nitrogens with zero attached hydrogens (tertiary/aromatic N) is 1. The van der Waals surface area contributed by atoms with Crippen molar-refractivity contribution < 1.29 is 14.3 Å². The van der Waals surface area contributed by atoms with E-state index >= 15 is 0 Å². The number of nitriles is 1. The SMILES string of the molecule is CCOc1ccc(C(=O)Nc2ccccc2C#N)cc1OCC. The van der Waals surface area contributed by atoms with E-state index in [0.29, 0.717) is 41.5 Å². The van der Waals surface area contributed by atoms with Crippen LogP contribution in [0.1, 0.15) is 29.8 Å². The molecule has 0 radical (unpaired) electrons. The van der Waals surface area contributed by atoms with Crippen molar-refractivity contribution in [1.82, 2.24) is 0 Å². The monoisotopic (exact) mass is 310 g/mol. The first kappa shape index (κ1) is 16.4. The van der Waals surface area contributed by atoms with Crippen molar-refractivity contribution in [3.05, 3.63) is 53.6 Å². The van der Waals surface area contributed by atoms with E-state index in [1.54, 1.807) is 42.5 Å². The van der Waals surface area contributed by atoms with Gasteiger partial charge in [-0.1, -0.05) is 12.1 Å². The number of hydrogen-bond acceptors (Lipinski definition) is 4. The lowest BCUT2D eigenvalue weighted by Crippen LogP contribution is -2.13. The highest BCUT2D eigenvalue weighted by Crippen LogP contribution is 2.29. The van der Waals surface area contributed by atoms with Gasteiger partial charge in [-0.15, -0.1) is 0 Å². The van der Waals surface area contributed by atoms with E-state index in [1.165, 1.54) is 0 Å². The molecule has 0 atom stereocenters. The van der Waals surface area contributed by atoms with Crippen LogP contribution in [0.15, 0.2) is 42.5 Å².